The van der Waals surface area contributed by atoms with Crippen LogP contribution in [0.1, 0.15) is 23.1 Å². The largest absolute Gasteiger partial charge is 0.395 e. The molecule has 0 spiro atoms. The van der Waals surface area contributed by atoms with Gasteiger partial charge in [-0.3, -0.25) is 4.79 Å². The van der Waals surface area contributed by atoms with E-state index in [4.69, 9.17) is 5.11 Å². The van der Waals surface area contributed by atoms with Crippen molar-refractivity contribution in [1.29, 1.82) is 0 Å². The summed E-state index contributed by atoms with van der Waals surface area (Å²) in [6.45, 7) is 1.84. The van der Waals surface area contributed by atoms with Crippen LogP contribution in [0.5, 0.6) is 0 Å². The van der Waals surface area contributed by atoms with E-state index in [0.29, 0.717) is 17.5 Å². The summed E-state index contributed by atoms with van der Waals surface area (Å²) in [5.41, 5.74) is 1.42. The Balaban J connectivity index is 2.22. The molecule has 1 aromatic heterocycles. The lowest BCUT2D eigenvalue weighted by atomic mass is 10.1. The van der Waals surface area contributed by atoms with Crippen LogP contribution in [-0.2, 0) is 6.54 Å². The molecule has 108 valence electrons. The fourth-order valence-electron chi connectivity index (χ4n) is 1.78. The van der Waals surface area contributed by atoms with Gasteiger partial charge >= 0.3 is 0 Å². The summed E-state index contributed by atoms with van der Waals surface area (Å²) >= 11 is 0. The lowest BCUT2D eigenvalue weighted by Crippen LogP contribution is -2.23. The lowest BCUT2D eigenvalue weighted by molar-refractivity contribution is 0.305. The Morgan fingerprint density at radius 3 is 2.86 bits per heavy atom. The van der Waals surface area contributed by atoms with Crippen molar-refractivity contribution in [2.45, 2.75) is 19.9 Å². The molecule has 0 bridgehead atoms. The van der Waals surface area contributed by atoms with E-state index >= 15 is 0 Å². The number of benzene rings is 1. The Morgan fingerprint density at radius 2 is 2.19 bits per heavy atom. The van der Waals surface area contributed by atoms with Crippen molar-refractivity contribution in [1.82, 2.24) is 9.78 Å². The number of aryl methyl sites for hydroxylation is 1. The third kappa shape index (κ3) is 4.01. The number of halogens is 1. The van der Waals surface area contributed by atoms with Gasteiger partial charge in [0.05, 0.1) is 19.3 Å². The van der Waals surface area contributed by atoms with Crippen LogP contribution in [-0.4, -0.2) is 21.5 Å². The first-order chi connectivity index (χ1) is 10.1. The SMILES string of the molecule is Cc1cnn(Cc2ccc(C#CCCO)cc2F)c(=O)c1. The Kier molecular flexibility index (Phi) is 4.85. The molecular weight excluding hydrogens is 271 g/mol. The fourth-order valence-corrected chi connectivity index (χ4v) is 1.78. The van der Waals surface area contributed by atoms with E-state index < -0.39 is 5.82 Å². The first-order valence-corrected chi connectivity index (χ1v) is 6.52. The second-order valence-electron chi connectivity index (χ2n) is 4.61. The van der Waals surface area contributed by atoms with Crippen molar-refractivity contribution >= 4 is 0 Å². The maximum Gasteiger partial charge on any atom is 0.267 e. The van der Waals surface area contributed by atoms with Crippen LogP contribution in [0.25, 0.3) is 0 Å². The molecule has 0 aliphatic heterocycles. The van der Waals surface area contributed by atoms with Crippen LogP contribution in [0, 0.1) is 24.6 Å². The van der Waals surface area contributed by atoms with E-state index in [-0.39, 0.29) is 18.7 Å². The van der Waals surface area contributed by atoms with Crippen LogP contribution < -0.4 is 5.56 Å². The predicted molar refractivity (Wildman–Crippen MR) is 77.3 cm³/mol. The lowest BCUT2D eigenvalue weighted by Gasteiger charge is -2.06. The predicted octanol–water partition coefficient (Wildman–Crippen LogP) is 1.47. The van der Waals surface area contributed by atoms with Gasteiger partial charge < -0.3 is 5.11 Å². The molecule has 0 amide bonds. The average molecular weight is 286 g/mol. The maximum absolute atomic E-state index is 14.0. The number of hydrogen-bond donors (Lipinski definition) is 1. The third-order valence-corrected chi connectivity index (χ3v) is 2.85. The highest BCUT2D eigenvalue weighted by molar-refractivity contribution is 5.37. The zero-order chi connectivity index (χ0) is 15.2. The van der Waals surface area contributed by atoms with Crippen molar-refractivity contribution in [3.05, 3.63) is 63.3 Å². The van der Waals surface area contributed by atoms with E-state index in [1.54, 1.807) is 25.3 Å². The van der Waals surface area contributed by atoms with Crippen molar-refractivity contribution < 1.29 is 9.50 Å². The quantitative estimate of drug-likeness (QED) is 0.869. The molecule has 5 heteroatoms. The molecule has 2 rings (SSSR count). The van der Waals surface area contributed by atoms with Gasteiger partial charge in [-0.05, 0) is 24.6 Å². The number of hydrogen-bond acceptors (Lipinski definition) is 3. The van der Waals surface area contributed by atoms with Crippen LogP contribution in [0.2, 0.25) is 0 Å². The molecule has 0 unspecified atom stereocenters. The number of rotatable bonds is 3. The smallest absolute Gasteiger partial charge is 0.267 e. The van der Waals surface area contributed by atoms with Gasteiger partial charge in [-0.15, -0.1) is 0 Å². The number of nitrogens with zero attached hydrogens (tertiary/aromatic N) is 2. The molecule has 1 N–H and O–H groups in total. The van der Waals surface area contributed by atoms with E-state index in [1.807, 2.05) is 0 Å². The number of aliphatic hydroxyl groups is 1. The average Bonchev–Trinajstić information content (AvgIpc) is 2.44. The zero-order valence-electron chi connectivity index (χ0n) is 11.6. The highest BCUT2D eigenvalue weighted by Crippen LogP contribution is 2.10. The van der Waals surface area contributed by atoms with Crippen LogP contribution in [0.3, 0.4) is 0 Å². The number of aromatic nitrogens is 2. The normalized spacial score (nSPS) is 10.0. The first-order valence-electron chi connectivity index (χ1n) is 6.52. The molecule has 0 atom stereocenters. The van der Waals surface area contributed by atoms with Crippen LogP contribution in [0.4, 0.5) is 4.39 Å². The summed E-state index contributed by atoms with van der Waals surface area (Å²) in [5, 5.41) is 12.6. The van der Waals surface area contributed by atoms with Gasteiger partial charge in [0, 0.05) is 23.6 Å². The summed E-state index contributed by atoms with van der Waals surface area (Å²) in [6, 6.07) is 6.05. The first kappa shape index (κ1) is 14.9. The second kappa shape index (κ2) is 6.82. The Labute approximate surface area is 121 Å². The summed E-state index contributed by atoms with van der Waals surface area (Å²) in [6.07, 6.45) is 1.92. The molecule has 0 fully saturated rings. The van der Waals surface area contributed by atoms with Crippen molar-refractivity contribution in [3.63, 3.8) is 0 Å². The van der Waals surface area contributed by atoms with Gasteiger partial charge in [0.1, 0.15) is 5.82 Å². The molecule has 1 heterocycles. The molecule has 0 saturated heterocycles. The van der Waals surface area contributed by atoms with Gasteiger partial charge in [0.25, 0.3) is 5.56 Å². The van der Waals surface area contributed by atoms with Gasteiger partial charge in [-0.25, -0.2) is 9.07 Å². The van der Waals surface area contributed by atoms with E-state index in [2.05, 4.69) is 16.9 Å². The molecule has 0 aliphatic carbocycles. The highest BCUT2D eigenvalue weighted by Gasteiger charge is 2.06. The molecule has 0 saturated carbocycles. The Morgan fingerprint density at radius 1 is 1.38 bits per heavy atom. The van der Waals surface area contributed by atoms with Gasteiger partial charge in [-0.2, -0.15) is 5.10 Å². The minimum Gasteiger partial charge on any atom is -0.395 e. The molecule has 4 nitrogen and oxygen atoms in total. The third-order valence-electron chi connectivity index (χ3n) is 2.85. The summed E-state index contributed by atoms with van der Waals surface area (Å²) in [4.78, 5) is 11.7. The zero-order valence-corrected chi connectivity index (χ0v) is 11.6. The van der Waals surface area contributed by atoms with E-state index in [0.717, 1.165) is 5.56 Å². The highest BCUT2D eigenvalue weighted by atomic mass is 19.1. The minimum atomic E-state index is -0.430. The maximum atomic E-state index is 14.0. The van der Waals surface area contributed by atoms with Gasteiger partial charge in [0.2, 0.25) is 0 Å². The van der Waals surface area contributed by atoms with Crippen molar-refractivity contribution in [2.24, 2.45) is 0 Å². The van der Waals surface area contributed by atoms with Gasteiger partial charge in [0.15, 0.2) is 0 Å². The molecule has 0 aliphatic rings. The number of aliphatic hydroxyl groups excluding tert-OH is 1. The molecule has 1 aromatic carbocycles. The second-order valence-corrected chi connectivity index (χ2v) is 4.61. The fraction of sp³-hybridized carbons (Fsp3) is 0.250. The van der Waals surface area contributed by atoms with Crippen LogP contribution >= 0.6 is 0 Å². The van der Waals surface area contributed by atoms with Crippen LogP contribution in [0.15, 0.2) is 35.3 Å². The molecule has 0 radical (unpaired) electrons. The topological polar surface area (TPSA) is 55.1 Å². The Bertz CT molecular complexity index is 757. The Hall–Kier alpha value is -2.45. The monoisotopic (exact) mass is 286 g/mol. The summed E-state index contributed by atoms with van der Waals surface area (Å²) < 4.78 is 15.2. The standard InChI is InChI=1S/C16H15FN2O2/c1-12-8-16(21)19(18-10-12)11-14-6-5-13(9-15(14)17)4-2-3-7-20/h5-6,8-10,20H,3,7,11H2,1H3. The van der Waals surface area contributed by atoms with E-state index in [9.17, 15) is 9.18 Å². The van der Waals surface area contributed by atoms with Gasteiger partial charge in [-0.1, -0.05) is 17.9 Å². The molecular formula is C16H15FN2O2. The minimum absolute atomic E-state index is 0.0183. The molecule has 2 aromatic rings. The summed E-state index contributed by atoms with van der Waals surface area (Å²) in [5.74, 6) is 5.06. The van der Waals surface area contributed by atoms with Crippen molar-refractivity contribution in [3.8, 4) is 11.8 Å². The van der Waals surface area contributed by atoms with Crippen molar-refractivity contribution in [2.75, 3.05) is 6.61 Å². The van der Waals surface area contributed by atoms with E-state index in [1.165, 1.54) is 16.8 Å². The summed E-state index contributed by atoms with van der Waals surface area (Å²) in [7, 11) is 0. The molecule has 21 heavy (non-hydrogen) atoms.